The van der Waals surface area contributed by atoms with Gasteiger partial charge in [0.2, 0.25) is 5.91 Å². The molecule has 0 radical (unpaired) electrons. The Labute approximate surface area is 198 Å². The molecule has 0 atom stereocenters. The van der Waals surface area contributed by atoms with Crippen LogP contribution in [0.5, 0.6) is 0 Å². The normalized spacial score (nSPS) is 11.0. The molecule has 33 heavy (non-hydrogen) atoms. The van der Waals surface area contributed by atoms with E-state index in [9.17, 15) is 14.4 Å². The van der Waals surface area contributed by atoms with Crippen LogP contribution in [0.4, 0.5) is 5.69 Å². The number of benzene rings is 2. The molecule has 2 heterocycles. The Hall–Kier alpha value is -3.43. The molecule has 9 heteroatoms. The molecular formula is C24H21N3O4S2. The molecule has 0 bridgehead atoms. The summed E-state index contributed by atoms with van der Waals surface area (Å²) in [5.41, 5.74) is 2.55. The van der Waals surface area contributed by atoms with E-state index in [2.05, 4.69) is 15.3 Å². The zero-order valence-corrected chi connectivity index (χ0v) is 19.6. The fraction of sp³-hybridized carbons (Fsp3) is 0.167. The minimum absolute atomic E-state index is 0.0719. The number of rotatable bonds is 7. The molecule has 2 aromatic heterocycles. The number of anilines is 1. The van der Waals surface area contributed by atoms with E-state index in [4.69, 9.17) is 4.74 Å². The van der Waals surface area contributed by atoms with Gasteiger partial charge in [-0.3, -0.25) is 9.59 Å². The summed E-state index contributed by atoms with van der Waals surface area (Å²) in [6, 6.07) is 16.2. The van der Waals surface area contributed by atoms with Gasteiger partial charge in [0.15, 0.2) is 5.16 Å². The fourth-order valence-electron chi connectivity index (χ4n) is 3.13. The van der Waals surface area contributed by atoms with E-state index in [1.165, 1.54) is 11.3 Å². The van der Waals surface area contributed by atoms with Crippen LogP contribution in [0.3, 0.4) is 0 Å². The highest BCUT2D eigenvalue weighted by molar-refractivity contribution is 7.99. The van der Waals surface area contributed by atoms with Crippen molar-refractivity contribution >= 4 is 50.9 Å². The van der Waals surface area contributed by atoms with Gasteiger partial charge in [-0.25, -0.2) is 9.78 Å². The molecule has 0 saturated carbocycles. The maximum absolute atomic E-state index is 12.7. The van der Waals surface area contributed by atoms with Gasteiger partial charge in [0, 0.05) is 16.6 Å². The maximum Gasteiger partial charge on any atom is 0.338 e. The molecular weight excluding hydrogens is 458 g/mol. The number of hydrogen-bond donors (Lipinski definition) is 2. The Balaban J connectivity index is 1.40. The molecule has 7 nitrogen and oxygen atoms in total. The zero-order valence-electron chi connectivity index (χ0n) is 18.0. The monoisotopic (exact) mass is 479 g/mol. The lowest BCUT2D eigenvalue weighted by Gasteiger charge is -2.09. The summed E-state index contributed by atoms with van der Waals surface area (Å²) in [6.07, 6.45) is -0.202. The van der Waals surface area contributed by atoms with E-state index >= 15 is 0 Å². The number of amides is 1. The van der Waals surface area contributed by atoms with Gasteiger partial charge < -0.3 is 15.0 Å². The molecule has 0 fully saturated rings. The average molecular weight is 480 g/mol. The predicted molar refractivity (Wildman–Crippen MR) is 132 cm³/mol. The zero-order chi connectivity index (χ0) is 23.4. The summed E-state index contributed by atoms with van der Waals surface area (Å²) in [5.74, 6) is -0.591. The van der Waals surface area contributed by atoms with Crippen molar-refractivity contribution in [2.24, 2.45) is 0 Å². The van der Waals surface area contributed by atoms with Crippen LogP contribution in [0.1, 0.15) is 24.2 Å². The van der Waals surface area contributed by atoms with E-state index in [1.807, 2.05) is 35.7 Å². The summed E-state index contributed by atoms with van der Waals surface area (Å²) in [5, 5.41) is 5.63. The van der Waals surface area contributed by atoms with Gasteiger partial charge in [-0.15, -0.1) is 11.3 Å². The van der Waals surface area contributed by atoms with Gasteiger partial charge in [-0.1, -0.05) is 42.1 Å². The van der Waals surface area contributed by atoms with Crippen LogP contribution < -0.4 is 10.9 Å². The van der Waals surface area contributed by atoms with Gasteiger partial charge >= 0.3 is 5.97 Å². The van der Waals surface area contributed by atoms with Gasteiger partial charge in [0.25, 0.3) is 5.56 Å². The molecule has 0 spiro atoms. The number of esters is 1. The Morgan fingerprint density at radius 3 is 2.55 bits per heavy atom. The van der Waals surface area contributed by atoms with Crippen molar-refractivity contribution in [3.8, 4) is 11.1 Å². The fourth-order valence-corrected chi connectivity index (χ4v) is 4.80. The van der Waals surface area contributed by atoms with Crippen molar-refractivity contribution in [3.05, 3.63) is 75.9 Å². The molecule has 4 aromatic rings. The molecule has 0 unspecified atom stereocenters. The van der Waals surface area contributed by atoms with Crippen LogP contribution in [0.25, 0.3) is 21.3 Å². The minimum atomic E-state index is -0.409. The lowest BCUT2D eigenvalue weighted by molar-refractivity contribution is -0.113. The molecule has 2 N–H and O–H groups in total. The average Bonchev–Trinajstić information content (AvgIpc) is 3.23. The van der Waals surface area contributed by atoms with Gasteiger partial charge in [-0.05, 0) is 43.7 Å². The highest BCUT2D eigenvalue weighted by Crippen LogP contribution is 2.31. The largest absolute Gasteiger partial charge is 0.459 e. The van der Waals surface area contributed by atoms with E-state index in [1.54, 1.807) is 38.1 Å². The van der Waals surface area contributed by atoms with Gasteiger partial charge in [0.1, 0.15) is 4.83 Å². The van der Waals surface area contributed by atoms with E-state index in [0.717, 1.165) is 22.9 Å². The number of thioether (sulfide) groups is 1. The Morgan fingerprint density at radius 1 is 1.12 bits per heavy atom. The van der Waals surface area contributed by atoms with Crippen molar-refractivity contribution in [1.82, 2.24) is 9.97 Å². The van der Waals surface area contributed by atoms with E-state index in [0.29, 0.717) is 26.6 Å². The van der Waals surface area contributed by atoms with Crippen LogP contribution in [-0.2, 0) is 9.53 Å². The second kappa shape index (κ2) is 10.0. The molecule has 0 aliphatic rings. The van der Waals surface area contributed by atoms with Crippen LogP contribution in [0.15, 0.2) is 69.9 Å². The van der Waals surface area contributed by atoms with Crippen molar-refractivity contribution in [3.63, 3.8) is 0 Å². The molecule has 168 valence electrons. The SMILES string of the molecule is CC(C)OC(=O)c1ccc(NC(=O)CSc2nc3scc(-c4ccccc4)c3c(=O)[nH]2)cc1. The summed E-state index contributed by atoms with van der Waals surface area (Å²) < 4.78 is 5.15. The first kappa shape index (κ1) is 22.8. The van der Waals surface area contributed by atoms with Crippen molar-refractivity contribution in [2.45, 2.75) is 25.1 Å². The lowest BCUT2D eigenvalue weighted by atomic mass is 10.1. The quantitative estimate of drug-likeness (QED) is 0.221. The summed E-state index contributed by atoms with van der Waals surface area (Å²) >= 11 is 2.55. The number of aromatic amines is 1. The number of thiophene rings is 1. The van der Waals surface area contributed by atoms with Crippen LogP contribution in [0.2, 0.25) is 0 Å². The summed E-state index contributed by atoms with van der Waals surface area (Å²) in [7, 11) is 0. The van der Waals surface area contributed by atoms with E-state index < -0.39 is 5.97 Å². The van der Waals surface area contributed by atoms with Crippen LogP contribution in [-0.4, -0.2) is 33.7 Å². The Kier molecular flexibility index (Phi) is 6.90. The predicted octanol–water partition coefficient (Wildman–Crippen LogP) is 4.95. The van der Waals surface area contributed by atoms with Crippen molar-refractivity contribution in [1.29, 1.82) is 0 Å². The number of ether oxygens (including phenoxy) is 1. The number of nitrogens with zero attached hydrogens (tertiary/aromatic N) is 1. The smallest absolute Gasteiger partial charge is 0.338 e. The topological polar surface area (TPSA) is 101 Å². The van der Waals surface area contributed by atoms with Gasteiger partial charge in [-0.2, -0.15) is 0 Å². The Bertz CT molecular complexity index is 1350. The highest BCUT2D eigenvalue weighted by atomic mass is 32.2. The molecule has 4 rings (SSSR count). The number of nitrogens with one attached hydrogen (secondary N) is 2. The molecule has 0 aliphatic heterocycles. The number of fused-ring (bicyclic) bond motifs is 1. The highest BCUT2D eigenvalue weighted by Gasteiger charge is 2.14. The second-order valence-electron chi connectivity index (χ2n) is 7.43. The van der Waals surface area contributed by atoms with E-state index in [-0.39, 0.29) is 23.3 Å². The maximum atomic E-state index is 12.7. The third kappa shape index (κ3) is 5.50. The van der Waals surface area contributed by atoms with Crippen molar-refractivity contribution < 1.29 is 14.3 Å². The van der Waals surface area contributed by atoms with Crippen molar-refractivity contribution in [2.75, 3.05) is 11.1 Å². The molecule has 2 aromatic carbocycles. The first-order valence-electron chi connectivity index (χ1n) is 10.2. The third-order valence-corrected chi connectivity index (χ3v) is 6.34. The summed E-state index contributed by atoms with van der Waals surface area (Å²) in [6.45, 7) is 3.56. The second-order valence-corrected chi connectivity index (χ2v) is 9.26. The summed E-state index contributed by atoms with van der Waals surface area (Å²) in [4.78, 5) is 44.9. The van der Waals surface area contributed by atoms with Crippen LogP contribution in [0, 0.1) is 0 Å². The Morgan fingerprint density at radius 2 is 1.85 bits per heavy atom. The molecule has 0 aliphatic carbocycles. The van der Waals surface area contributed by atoms with Crippen LogP contribution >= 0.6 is 23.1 Å². The number of carbonyl (C=O) groups excluding carboxylic acids is 2. The van der Waals surface area contributed by atoms with Gasteiger partial charge in [0.05, 0.1) is 22.8 Å². The first-order valence-corrected chi connectivity index (χ1v) is 12.1. The third-order valence-electron chi connectivity index (χ3n) is 4.59. The standard InChI is InChI=1S/C24H21N3O4S2/c1-14(2)31-23(30)16-8-10-17(11-9-16)25-19(28)13-33-24-26-21(29)20-18(12-32-22(20)27-24)15-6-4-3-5-7-15/h3-12,14H,13H2,1-2H3,(H,25,28)(H,26,27,29). The number of hydrogen-bond acceptors (Lipinski definition) is 7. The molecule has 1 amide bonds. The number of aromatic nitrogens is 2. The minimum Gasteiger partial charge on any atom is -0.459 e. The first-order chi connectivity index (χ1) is 15.9. The number of H-pyrrole nitrogens is 1. The number of carbonyl (C=O) groups is 2. The lowest BCUT2D eigenvalue weighted by Crippen LogP contribution is -2.16. The molecule has 0 saturated heterocycles.